The number of aliphatic imine (C=N–C) groups is 1. The quantitative estimate of drug-likeness (QED) is 0.662. The Labute approximate surface area is 101 Å². The fraction of sp³-hybridized carbons (Fsp3) is 0.833. The first kappa shape index (κ1) is 9.88. The molecule has 0 radical (unpaired) electrons. The van der Waals surface area contributed by atoms with Gasteiger partial charge in [0, 0.05) is 12.6 Å². The van der Waals surface area contributed by atoms with Crippen LogP contribution in [0.4, 0.5) is 0 Å². The largest absolute Gasteiger partial charge is 0.340 e. The maximum absolute atomic E-state index is 12.3. The van der Waals surface area contributed by atoms with E-state index in [-0.39, 0.29) is 11.4 Å². The van der Waals surface area contributed by atoms with E-state index in [4.69, 9.17) is 0 Å². The van der Waals surface area contributed by atoms with Crippen LogP contribution in [0, 0.1) is 0 Å². The third-order valence-corrected chi connectivity index (χ3v) is 4.56. The Morgan fingerprint density at radius 2 is 2.18 bits per heavy atom. The number of rotatable bonds is 1. The second-order valence-corrected chi connectivity index (χ2v) is 5.70. The summed E-state index contributed by atoms with van der Waals surface area (Å²) in [6, 6.07) is 0.837. The van der Waals surface area contributed by atoms with Crippen LogP contribution in [0.1, 0.15) is 32.1 Å². The molecule has 1 spiro atoms. The molecular weight excluding hydrogens is 216 g/mol. The zero-order valence-electron chi connectivity index (χ0n) is 9.91. The van der Waals surface area contributed by atoms with Crippen LogP contribution in [0.25, 0.3) is 0 Å². The fourth-order valence-electron chi connectivity index (χ4n) is 3.52. The standard InChI is InChI=1S/C12H18N4O/c17-10-12(5-7-16-6-1-2-9(12)16)15-11(14-10)13-8-3-4-8/h8-9H,1-7H2,(H2,13,14,15,17). The maximum atomic E-state index is 12.3. The topological polar surface area (TPSA) is 56.7 Å². The molecule has 0 aromatic heterocycles. The Hall–Kier alpha value is -1.10. The average Bonchev–Trinajstić information content (AvgIpc) is 2.74. The lowest BCUT2D eigenvalue weighted by molar-refractivity contribution is -0.124. The van der Waals surface area contributed by atoms with Gasteiger partial charge in [-0.25, -0.2) is 4.99 Å². The molecule has 4 rings (SSSR count). The van der Waals surface area contributed by atoms with Crippen molar-refractivity contribution in [2.24, 2.45) is 4.99 Å². The summed E-state index contributed by atoms with van der Waals surface area (Å²) < 4.78 is 0. The molecule has 0 aromatic rings. The van der Waals surface area contributed by atoms with Crippen LogP contribution in [-0.4, -0.2) is 47.5 Å². The van der Waals surface area contributed by atoms with E-state index in [2.05, 4.69) is 20.5 Å². The number of hydrogen-bond donors (Lipinski definition) is 2. The van der Waals surface area contributed by atoms with Gasteiger partial charge in [-0.05, 0) is 38.6 Å². The van der Waals surface area contributed by atoms with Crippen LogP contribution in [0.5, 0.6) is 0 Å². The van der Waals surface area contributed by atoms with Gasteiger partial charge in [-0.15, -0.1) is 0 Å². The molecule has 1 amide bonds. The first-order valence-corrected chi connectivity index (χ1v) is 6.69. The minimum absolute atomic E-state index is 0.145. The molecule has 4 fully saturated rings. The molecule has 1 saturated carbocycles. The lowest BCUT2D eigenvalue weighted by Gasteiger charge is -2.28. The van der Waals surface area contributed by atoms with Crippen LogP contribution < -0.4 is 10.6 Å². The SMILES string of the molecule is O=C1NC(=NC2CC2)NC12CCN1CCCC12. The van der Waals surface area contributed by atoms with Crippen molar-refractivity contribution in [1.29, 1.82) is 0 Å². The van der Waals surface area contributed by atoms with Crippen molar-refractivity contribution in [3.05, 3.63) is 0 Å². The zero-order valence-corrected chi connectivity index (χ0v) is 9.91. The van der Waals surface area contributed by atoms with Crippen LogP contribution >= 0.6 is 0 Å². The van der Waals surface area contributed by atoms with E-state index in [0.29, 0.717) is 12.1 Å². The summed E-state index contributed by atoms with van der Waals surface area (Å²) >= 11 is 0. The summed E-state index contributed by atoms with van der Waals surface area (Å²) in [5.41, 5.74) is -0.371. The Morgan fingerprint density at radius 1 is 1.29 bits per heavy atom. The molecule has 92 valence electrons. The van der Waals surface area contributed by atoms with Gasteiger partial charge < -0.3 is 5.32 Å². The van der Waals surface area contributed by atoms with Crippen molar-refractivity contribution in [3.8, 4) is 0 Å². The Bertz CT molecular complexity index is 403. The number of fused-ring (bicyclic) bond motifs is 2. The number of guanidine groups is 1. The van der Waals surface area contributed by atoms with E-state index in [1.807, 2.05) is 0 Å². The van der Waals surface area contributed by atoms with Crippen molar-refractivity contribution in [2.45, 2.75) is 49.7 Å². The molecule has 0 bridgehead atoms. The van der Waals surface area contributed by atoms with Gasteiger partial charge in [0.2, 0.25) is 0 Å². The van der Waals surface area contributed by atoms with E-state index >= 15 is 0 Å². The number of amides is 1. The molecule has 0 aromatic carbocycles. The van der Waals surface area contributed by atoms with Gasteiger partial charge in [-0.1, -0.05) is 0 Å². The molecular formula is C12H18N4O. The van der Waals surface area contributed by atoms with Crippen LogP contribution in [0.3, 0.4) is 0 Å². The van der Waals surface area contributed by atoms with Crippen molar-refractivity contribution in [1.82, 2.24) is 15.5 Å². The zero-order chi connectivity index (χ0) is 11.5. The Balaban J connectivity index is 1.63. The maximum Gasteiger partial charge on any atom is 0.254 e. The highest BCUT2D eigenvalue weighted by atomic mass is 16.2. The molecule has 2 atom stereocenters. The summed E-state index contributed by atoms with van der Waals surface area (Å²) in [7, 11) is 0. The van der Waals surface area contributed by atoms with Gasteiger partial charge in [0.25, 0.3) is 5.91 Å². The molecule has 2 N–H and O–H groups in total. The monoisotopic (exact) mass is 234 g/mol. The van der Waals surface area contributed by atoms with E-state index in [1.165, 1.54) is 19.3 Å². The summed E-state index contributed by atoms with van der Waals surface area (Å²) in [6.45, 7) is 2.19. The highest BCUT2D eigenvalue weighted by molar-refractivity contribution is 6.09. The van der Waals surface area contributed by atoms with E-state index in [1.54, 1.807) is 0 Å². The normalized spacial score (nSPS) is 43.2. The predicted molar refractivity (Wildman–Crippen MR) is 63.7 cm³/mol. The van der Waals surface area contributed by atoms with Crippen molar-refractivity contribution in [3.63, 3.8) is 0 Å². The van der Waals surface area contributed by atoms with Gasteiger partial charge in [-0.2, -0.15) is 0 Å². The minimum Gasteiger partial charge on any atom is -0.340 e. The first-order chi connectivity index (χ1) is 8.28. The molecule has 4 aliphatic rings. The molecule has 5 nitrogen and oxygen atoms in total. The van der Waals surface area contributed by atoms with Gasteiger partial charge in [0.1, 0.15) is 5.54 Å². The summed E-state index contributed by atoms with van der Waals surface area (Å²) in [5, 5.41) is 6.35. The lowest BCUT2D eigenvalue weighted by atomic mass is 9.89. The summed E-state index contributed by atoms with van der Waals surface area (Å²) in [4.78, 5) is 19.2. The Morgan fingerprint density at radius 3 is 3.00 bits per heavy atom. The molecule has 3 saturated heterocycles. The smallest absolute Gasteiger partial charge is 0.254 e. The lowest BCUT2D eigenvalue weighted by Crippen LogP contribution is -2.54. The average molecular weight is 234 g/mol. The van der Waals surface area contributed by atoms with Crippen molar-refractivity contribution >= 4 is 11.9 Å². The molecule has 1 aliphatic carbocycles. The number of nitrogens with one attached hydrogen (secondary N) is 2. The summed E-state index contributed by atoms with van der Waals surface area (Å²) in [5.74, 6) is 0.873. The van der Waals surface area contributed by atoms with E-state index < -0.39 is 0 Å². The number of carbonyl (C=O) groups is 1. The van der Waals surface area contributed by atoms with Crippen LogP contribution in [0.2, 0.25) is 0 Å². The summed E-state index contributed by atoms with van der Waals surface area (Å²) in [6.07, 6.45) is 5.62. The minimum atomic E-state index is -0.371. The molecule has 17 heavy (non-hydrogen) atoms. The van der Waals surface area contributed by atoms with Gasteiger partial charge in [0.05, 0.1) is 6.04 Å². The fourth-order valence-corrected chi connectivity index (χ4v) is 3.52. The molecule has 2 unspecified atom stereocenters. The number of carbonyl (C=O) groups excluding carboxylic acids is 1. The van der Waals surface area contributed by atoms with Crippen LogP contribution in [-0.2, 0) is 4.79 Å². The highest BCUT2D eigenvalue weighted by Crippen LogP contribution is 2.38. The molecule has 3 aliphatic heterocycles. The molecule has 5 heteroatoms. The van der Waals surface area contributed by atoms with Gasteiger partial charge >= 0.3 is 0 Å². The predicted octanol–water partition coefficient (Wildman–Crippen LogP) is -0.169. The number of hydrogen-bond acceptors (Lipinski definition) is 3. The second kappa shape index (κ2) is 3.22. The van der Waals surface area contributed by atoms with Crippen molar-refractivity contribution < 1.29 is 4.79 Å². The molecule has 3 heterocycles. The van der Waals surface area contributed by atoms with E-state index in [9.17, 15) is 4.79 Å². The second-order valence-electron chi connectivity index (χ2n) is 5.70. The Kier molecular flexibility index (Phi) is 1.87. The van der Waals surface area contributed by atoms with Crippen LogP contribution in [0.15, 0.2) is 4.99 Å². The van der Waals surface area contributed by atoms with Crippen molar-refractivity contribution in [2.75, 3.05) is 13.1 Å². The first-order valence-electron chi connectivity index (χ1n) is 6.69. The third-order valence-electron chi connectivity index (χ3n) is 4.56. The third kappa shape index (κ3) is 1.35. The van der Waals surface area contributed by atoms with Gasteiger partial charge in [-0.3, -0.25) is 15.0 Å². The van der Waals surface area contributed by atoms with E-state index in [0.717, 1.165) is 31.9 Å². The number of nitrogens with zero attached hydrogens (tertiary/aromatic N) is 2. The highest BCUT2D eigenvalue weighted by Gasteiger charge is 2.57. The van der Waals surface area contributed by atoms with Gasteiger partial charge in [0.15, 0.2) is 5.96 Å².